The zero-order chi connectivity index (χ0) is 13.1. The molecule has 0 aromatic heterocycles. The van der Waals surface area contributed by atoms with Gasteiger partial charge in [-0.1, -0.05) is 31.5 Å². The molecule has 0 unspecified atom stereocenters. The van der Waals surface area contributed by atoms with Crippen molar-refractivity contribution < 1.29 is 9.84 Å². The van der Waals surface area contributed by atoms with Crippen LogP contribution in [-0.2, 0) is 4.74 Å². The highest BCUT2D eigenvalue weighted by atomic mass is 16.5. The minimum Gasteiger partial charge on any atom is -0.394 e. The third kappa shape index (κ3) is 7.94. The summed E-state index contributed by atoms with van der Waals surface area (Å²) in [6.45, 7) is 9.97. The van der Waals surface area contributed by atoms with E-state index in [4.69, 9.17) is 9.84 Å². The van der Waals surface area contributed by atoms with Gasteiger partial charge in [0.05, 0.1) is 13.2 Å². The Kier molecular flexibility index (Phi) is 9.78. The maximum atomic E-state index is 8.24. The van der Waals surface area contributed by atoms with E-state index in [9.17, 15) is 0 Å². The molecule has 1 rings (SSSR count). The van der Waals surface area contributed by atoms with E-state index in [1.54, 1.807) is 0 Å². The van der Waals surface area contributed by atoms with Crippen molar-refractivity contribution in [3.05, 3.63) is 34.9 Å². The molecular formula is C15H26O2. The Morgan fingerprint density at radius 3 is 2.06 bits per heavy atom. The first-order valence-corrected chi connectivity index (χ1v) is 6.34. The lowest BCUT2D eigenvalue weighted by Crippen LogP contribution is -1.99. The fourth-order valence-corrected chi connectivity index (χ4v) is 1.31. The average Bonchev–Trinajstić information content (AvgIpc) is 2.33. The van der Waals surface area contributed by atoms with Crippen LogP contribution in [0.1, 0.15) is 36.5 Å². The van der Waals surface area contributed by atoms with Crippen LogP contribution in [-0.4, -0.2) is 24.9 Å². The molecule has 1 aromatic rings. The number of hydrogen-bond acceptors (Lipinski definition) is 2. The molecule has 0 fully saturated rings. The van der Waals surface area contributed by atoms with Crippen LogP contribution < -0.4 is 0 Å². The molecule has 2 heteroatoms. The van der Waals surface area contributed by atoms with Crippen molar-refractivity contribution in [2.75, 3.05) is 19.8 Å². The van der Waals surface area contributed by atoms with Gasteiger partial charge in [-0.05, 0) is 43.9 Å². The third-order valence-corrected chi connectivity index (χ3v) is 2.75. The summed E-state index contributed by atoms with van der Waals surface area (Å²) >= 11 is 0. The first kappa shape index (κ1) is 16.1. The molecule has 0 radical (unpaired) electrons. The lowest BCUT2D eigenvalue weighted by molar-refractivity contribution is 0.0904. The molecule has 0 saturated carbocycles. The predicted octanol–water partition coefficient (Wildman–Crippen LogP) is 3.41. The van der Waals surface area contributed by atoms with Crippen molar-refractivity contribution in [2.45, 2.75) is 40.5 Å². The summed E-state index contributed by atoms with van der Waals surface area (Å²) in [5, 5.41) is 8.24. The van der Waals surface area contributed by atoms with E-state index in [1.165, 1.54) is 16.7 Å². The van der Waals surface area contributed by atoms with Crippen LogP contribution in [0.5, 0.6) is 0 Å². The van der Waals surface area contributed by atoms with Crippen LogP contribution >= 0.6 is 0 Å². The predicted molar refractivity (Wildman–Crippen MR) is 73.5 cm³/mol. The van der Waals surface area contributed by atoms with Crippen LogP contribution in [0.4, 0.5) is 0 Å². The van der Waals surface area contributed by atoms with Gasteiger partial charge in [-0.3, -0.25) is 0 Å². The van der Waals surface area contributed by atoms with Gasteiger partial charge >= 0.3 is 0 Å². The Bertz CT molecular complexity index is 269. The summed E-state index contributed by atoms with van der Waals surface area (Å²) in [6.07, 6.45) is 2.26. The summed E-state index contributed by atoms with van der Waals surface area (Å²) in [7, 11) is 0. The highest BCUT2D eigenvalue weighted by Gasteiger charge is 1.91. The zero-order valence-corrected chi connectivity index (χ0v) is 11.6. The van der Waals surface area contributed by atoms with Gasteiger partial charge in [0.15, 0.2) is 0 Å². The molecule has 0 bridgehead atoms. The van der Waals surface area contributed by atoms with E-state index in [1.807, 2.05) is 0 Å². The quantitative estimate of drug-likeness (QED) is 0.797. The Morgan fingerprint density at radius 1 is 1.06 bits per heavy atom. The summed E-state index contributed by atoms with van der Waals surface area (Å²) in [5.74, 6) is 0. The SMILES string of the molecule is CCCCOCCO.Cc1cccc(C)c1C. The van der Waals surface area contributed by atoms with Crippen LogP contribution in [0, 0.1) is 20.8 Å². The Balaban J connectivity index is 0.000000304. The normalized spacial score (nSPS) is 9.71. The number of ether oxygens (including phenoxy) is 1. The Morgan fingerprint density at radius 2 is 1.65 bits per heavy atom. The van der Waals surface area contributed by atoms with Gasteiger partial charge in [0.1, 0.15) is 0 Å². The van der Waals surface area contributed by atoms with Crippen molar-refractivity contribution in [2.24, 2.45) is 0 Å². The maximum Gasteiger partial charge on any atom is 0.0697 e. The van der Waals surface area contributed by atoms with Crippen LogP contribution in [0.3, 0.4) is 0 Å². The van der Waals surface area contributed by atoms with Crippen molar-refractivity contribution in [3.63, 3.8) is 0 Å². The van der Waals surface area contributed by atoms with E-state index >= 15 is 0 Å². The summed E-state index contributed by atoms with van der Waals surface area (Å²) in [5.41, 5.74) is 4.18. The molecule has 0 amide bonds. The van der Waals surface area contributed by atoms with E-state index < -0.39 is 0 Å². The van der Waals surface area contributed by atoms with Gasteiger partial charge in [-0.25, -0.2) is 0 Å². The van der Waals surface area contributed by atoms with Crippen molar-refractivity contribution >= 4 is 0 Å². The second-order valence-corrected chi connectivity index (χ2v) is 4.21. The topological polar surface area (TPSA) is 29.5 Å². The van der Waals surface area contributed by atoms with Crippen molar-refractivity contribution in [3.8, 4) is 0 Å². The second-order valence-electron chi connectivity index (χ2n) is 4.21. The molecule has 1 aromatic carbocycles. The summed E-state index contributed by atoms with van der Waals surface area (Å²) in [6, 6.07) is 6.38. The molecule has 0 atom stereocenters. The smallest absolute Gasteiger partial charge is 0.0697 e. The molecule has 2 nitrogen and oxygen atoms in total. The first-order chi connectivity index (χ1) is 8.13. The monoisotopic (exact) mass is 238 g/mol. The number of rotatable bonds is 5. The van der Waals surface area contributed by atoms with E-state index in [0.717, 1.165) is 19.4 Å². The number of benzene rings is 1. The molecule has 0 heterocycles. The van der Waals surface area contributed by atoms with Crippen LogP contribution in [0.15, 0.2) is 18.2 Å². The number of aliphatic hydroxyl groups excluding tert-OH is 1. The molecule has 98 valence electrons. The number of aliphatic hydroxyl groups is 1. The molecule has 0 aliphatic rings. The van der Waals surface area contributed by atoms with E-state index in [-0.39, 0.29) is 6.61 Å². The maximum absolute atomic E-state index is 8.24. The molecule has 0 spiro atoms. The molecular weight excluding hydrogens is 212 g/mol. The zero-order valence-electron chi connectivity index (χ0n) is 11.6. The highest BCUT2D eigenvalue weighted by Crippen LogP contribution is 2.09. The largest absolute Gasteiger partial charge is 0.394 e. The van der Waals surface area contributed by atoms with Gasteiger partial charge in [0.25, 0.3) is 0 Å². The van der Waals surface area contributed by atoms with Crippen LogP contribution in [0.25, 0.3) is 0 Å². The van der Waals surface area contributed by atoms with Crippen molar-refractivity contribution in [1.82, 2.24) is 0 Å². The first-order valence-electron chi connectivity index (χ1n) is 6.34. The Hall–Kier alpha value is -0.860. The fraction of sp³-hybridized carbons (Fsp3) is 0.600. The fourth-order valence-electron chi connectivity index (χ4n) is 1.31. The van der Waals surface area contributed by atoms with Gasteiger partial charge in [0.2, 0.25) is 0 Å². The minimum absolute atomic E-state index is 0.143. The lowest BCUT2D eigenvalue weighted by atomic mass is 10.1. The summed E-state index contributed by atoms with van der Waals surface area (Å²) < 4.78 is 4.97. The molecule has 17 heavy (non-hydrogen) atoms. The van der Waals surface area contributed by atoms with Gasteiger partial charge in [-0.15, -0.1) is 0 Å². The Labute approximate surface area is 106 Å². The highest BCUT2D eigenvalue weighted by molar-refractivity contribution is 5.31. The van der Waals surface area contributed by atoms with Gasteiger partial charge in [0, 0.05) is 6.61 Å². The molecule has 0 aliphatic heterocycles. The molecule has 0 aliphatic carbocycles. The number of unbranched alkanes of at least 4 members (excludes halogenated alkanes) is 1. The van der Waals surface area contributed by atoms with E-state index in [2.05, 4.69) is 45.9 Å². The lowest BCUT2D eigenvalue weighted by Gasteiger charge is -2.00. The average molecular weight is 238 g/mol. The molecule has 1 N–H and O–H groups in total. The standard InChI is InChI=1S/C9H12.C6H14O2/c1-7-5-4-6-8(2)9(7)3;1-2-3-5-8-6-4-7/h4-6H,1-3H3;7H,2-6H2,1H3. The van der Waals surface area contributed by atoms with Gasteiger partial charge in [-0.2, -0.15) is 0 Å². The van der Waals surface area contributed by atoms with E-state index in [0.29, 0.717) is 6.61 Å². The second kappa shape index (κ2) is 10.3. The van der Waals surface area contributed by atoms with Gasteiger partial charge < -0.3 is 9.84 Å². The number of aryl methyl sites for hydroxylation is 2. The number of hydrogen-bond donors (Lipinski definition) is 1. The molecule has 0 saturated heterocycles. The van der Waals surface area contributed by atoms with Crippen molar-refractivity contribution in [1.29, 1.82) is 0 Å². The third-order valence-electron chi connectivity index (χ3n) is 2.75. The minimum atomic E-state index is 0.143. The summed E-state index contributed by atoms with van der Waals surface area (Å²) in [4.78, 5) is 0. The van der Waals surface area contributed by atoms with Crippen LogP contribution in [0.2, 0.25) is 0 Å².